The lowest BCUT2D eigenvalue weighted by Crippen LogP contribution is -1.99. The maximum atomic E-state index is 9.91. The predicted molar refractivity (Wildman–Crippen MR) is 73.0 cm³/mol. The first-order valence-electron chi connectivity index (χ1n) is 5.83. The van der Waals surface area contributed by atoms with E-state index in [1.807, 2.05) is 24.3 Å². The molecule has 0 atom stereocenters. The summed E-state index contributed by atoms with van der Waals surface area (Å²) in [5.41, 5.74) is 1.63. The average molecular weight is 278 g/mol. The third kappa shape index (κ3) is 2.53. The van der Waals surface area contributed by atoms with Crippen LogP contribution in [-0.4, -0.2) is 11.9 Å². The van der Waals surface area contributed by atoms with E-state index in [9.17, 15) is 5.11 Å². The number of anilines is 1. The molecule has 98 valence electrons. The molecular formula is C14H12ClNO3. The molecule has 0 saturated carbocycles. The molecule has 2 aromatic carbocycles. The van der Waals surface area contributed by atoms with E-state index in [4.69, 9.17) is 21.1 Å². The van der Waals surface area contributed by atoms with Gasteiger partial charge in [-0.1, -0.05) is 17.7 Å². The Kier molecular flexibility index (Phi) is 3.09. The number of phenols is 1. The van der Waals surface area contributed by atoms with Crippen LogP contribution < -0.4 is 14.8 Å². The summed E-state index contributed by atoms with van der Waals surface area (Å²) < 4.78 is 10.5. The fourth-order valence-corrected chi connectivity index (χ4v) is 2.10. The Balaban J connectivity index is 1.77. The molecule has 0 saturated heterocycles. The maximum absolute atomic E-state index is 9.91. The van der Waals surface area contributed by atoms with Gasteiger partial charge in [-0.05, 0) is 24.3 Å². The first kappa shape index (κ1) is 12.0. The molecule has 4 nitrogen and oxygen atoms in total. The molecule has 3 rings (SSSR count). The van der Waals surface area contributed by atoms with Gasteiger partial charge in [-0.2, -0.15) is 0 Å². The Morgan fingerprint density at radius 1 is 1.16 bits per heavy atom. The quantitative estimate of drug-likeness (QED) is 0.903. The topological polar surface area (TPSA) is 50.7 Å². The van der Waals surface area contributed by atoms with Gasteiger partial charge >= 0.3 is 0 Å². The van der Waals surface area contributed by atoms with Crippen LogP contribution in [-0.2, 0) is 6.54 Å². The van der Waals surface area contributed by atoms with E-state index in [0.717, 1.165) is 11.3 Å². The van der Waals surface area contributed by atoms with Gasteiger partial charge in [0.2, 0.25) is 6.79 Å². The molecule has 0 bridgehead atoms. The van der Waals surface area contributed by atoms with Crippen LogP contribution in [0.25, 0.3) is 0 Å². The van der Waals surface area contributed by atoms with Crippen LogP contribution in [0.5, 0.6) is 17.2 Å². The van der Waals surface area contributed by atoms with Gasteiger partial charge in [0, 0.05) is 28.9 Å². The highest BCUT2D eigenvalue weighted by atomic mass is 35.5. The molecule has 1 heterocycles. The van der Waals surface area contributed by atoms with Gasteiger partial charge in [0.1, 0.15) is 5.75 Å². The molecule has 0 unspecified atom stereocenters. The molecule has 1 aliphatic heterocycles. The zero-order valence-electron chi connectivity index (χ0n) is 10.0. The summed E-state index contributed by atoms with van der Waals surface area (Å²) >= 11 is 5.91. The Labute approximate surface area is 115 Å². The van der Waals surface area contributed by atoms with Crippen LogP contribution in [0.2, 0.25) is 5.02 Å². The smallest absolute Gasteiger partial charge is 0.231 e. The standard InChI is InChI=1S/C14H12ClNO3/c15-10-2-1-3-11(5-10)16-7-9-4-13-14(6-12(9)17)19-8-18-13/h1-6,16-17H,7-8H2. The van der Waals surface area contributed by atoms with E-state index in [0.29, 0.717) is 23.1 Å². The minimum Gasteiger partial charge on any atom is -0.507 e. The summed E-state index contributed by atoms with van der Waals surface area (Å²) in [6, 6.07) is 10.8. The predicted octanol–water partition coefficient (Wildman–Crippen LogP) is 3.39. The lowest BCUT2D eigenvalue weighted by molar-refractivity contribution is 0.174. The van der Waals surface area contributed by atoms with Crippen molar-refractivity contribution in [3.63, 3.8) is 0 Å². The van der Waals surface area contributed by atoms with Crippen molar-refractivity contribution < 1.29 is 14.6 Å². The van der Waals surface area contributed by atoms with Crippen molar-refractivity contribution in [3.8, 4) is 17.2 Å². The van der Waals surface area contributed by atoms with Crippen LogP contribution in [0.1, 0.15) is 5.56 Å². The molecule has 0 radical (unpaired) electrons. The van der Waals surface area contributed by atoms with Crippen LogP contribution in [0.15, 0.2) is 36.4 Å². The molecule has 2 aromatic rings. The van der Waals surface area contributed by atoms with Crippen LogP contribution in [0, 0.1) is 0 Å². The number of hydrogen-bond donors (Lipinski definition) is 2. The molecule has 1 aliphatic rings. The normalized spacial score (nSPS) is 12.5. The Morgan fingerprint density at radius 2 is 1.95 bits per heavy atom. The van der Waals surface area contributed by atoms with Gasteiger partial charge < -0.3 is 19.9 Å². The number of rotatable bonds is 3. The number of aromatic hydroxyl groups is 1. The fraction of sp³-hybridized carbons (Fsp3) is 0.143. The van der Waals surface area contributed by atoms with E-state index in [1.54, 1.807) is 12.1 Å². The minimum absolute atomic E-state index is 0.179. The second-order valence-corrected chi connectivity index (χ2v) is 4.63. The highest BCUT2D eigenvalue weighted by Crippen LogP contribution is 2.37. The monoisotopic (exact) mass is 277 g/mol. The number of fused-ring (bicyclic) bond motifs is 1. The third-order valence-corrected chi connectivity index (χ3v) is 3.12. The molecule has 0 fully saturated rings. The molecule has 19 heavy (non-hydrogen) atoms. The summed E-state index contributed by atoms with van der Waals surface area (Å²) in [6.07, 6.45) is 0. The van der Waals surface area contributed by atoms with Gasteiger partial charge in [0.05, 0.1) is 0 Å². The number of phenolic OH excluding ortho intramolecular Hbond substituents is 1. The number of benzene rings is 2. The maximum Gasteiger partial charge on any atom is 0.231 e. The number of nitrogens with one attached hydrogen (secondary N) is 1. The van der Waals surface area contributed by atoms with Crippen molar-refractivity contribution >= 4 is 17.3 Å². The Bertz CT molecular complexity index is 616. The molecule has 5 heteroatoms. The number of hydrogen-bond acceptors (Lipinski definition) is 4. The van der Waals surface area contributed by atoms with Crippen molar-refractivity contribution in [1.29, 1.82) is 0 Å². The van der Waals surface area contributed by atoms with E-state index in [2.05, 4.69) is 5.32 Å². The van der Waals surface area contributed by atoms with E-state index in [1.165, 1.54) is 0 Å². The van der Waals surface area contributed by atoms with Crippen molar-refractivity contribution in [2.24, 2.45) is 0 Å². The van der Waals surface area contributed by atoms with Crippen LogP contribution >= 0.6 is 11.6 Å². The SMILES string of the molecule is Oc1cc2c(cc1CNc1cccc(Cl)c1)OCO2. The molecular weight excluding hydrogens is 266 g/mol. The molecule has 0 spiro atoms. The summed E-state index contributed by atoms with van der Waals surface area (Å²) in [5, 5.41) is 13.8. The van der Waals surface area contributed by atoms with Gasteiger partial charge in [0.25, 0.3) is 0 Å². The van der Waals surface area contributed by atoms with E-state index in [-0.39, 0.29) is 12.5 Å². The summed E-state index contributed by atoms with van der Waals surface area (Å²) in [6.45, 7) is 0.669. The second kappa shape index (κ2) is 4.90. The zero-order chi connectivity index (χ0) is 13.2. The van der Waals surface area contributed by atoms with Crippen molar-refractivity contribution in [2.75, 3.05) is 12.1 Å². The van der Waals surface area contributed by atoms with Crippen molar-refractivity contribution in [1.82, 2.24) is 0 Å². The summed E-state index contributed by atoms with van der Waals surface area (Å²) in [5.74, 6) is 1.41. The summed E-state index contributed by atoms with van der Waals surface area (Å²) in [4.78, 5) is 0. The fourth-order valence-electron chi connectivity index (χ4n) is 1.91. The lowest BCUT2D eigenvalue weighted by atomic mass is 10.1. The number of ether oxygens (including phenoxy) is 2. The lowest BCUT2D eigenvalue weighted by Gasteiger charge is -2.09. The first-order valence-corrected chi connectivity index (χ1v) is 6.21. The third-order valence-electron chi connectivity index (χ3n) is 2.88. The molecule has 0 aliphatic carbocycles. The molecule has 0 aromatic heterocycles. The average Bonchev–Trinajstić information content (AvgIpc) is 2.83. The molecule has 0 amide bonds. The van der Waals surface area contributed by atoms with Gasteiger partial charge in [-0.25, -0.2) is 0 Å². The highest BCUT2D eigenvalue weighted by molar-refractivity contribution is 6.30. The second-order valence-electron chi connectivity index (χ2n) is 4.20. The minimum atomic E-state index is 0.179. The van der Waals surface area contributed by atoms with E-state index >= 15 is 0 Å². The van der Waals surface area contributed by atoms with Gasteiger partial charge in [0.15, 0.2) is 11.5 Å². The zero-order valence-corrected chi connectivity index (χ0v) is 10.8. The van der Waals surface area contributed by atoms with Crippen LogP contribution in [0.4, 0.5) is 5.69 Å². The molecule has 2 N–H and O–H groups in total. The Morgan fingerprint density at radius 3 is 2.74 bits per heavy atom. The van der Waals surface area contributed by atoms with Crippen molar-refractivity contribution in [3.05, 3.63) is 47.0 Å². The number of halogens is 1. The van der Waals surface area contributed by atoms with Gasteiger partial charge in [-0.15, -0.1) is 0 Å². The first-order chi connectivity index (χ1) is 9.22. The van der Waals surface area contributed by atoms with Crippen molar-refractivity contribution in [2.45, 2.75) is 6.54 Å². The van der Waals surface area contributed by atoms with E-state index < -0.39 is 0 Å². The Hall–Kier alpha value is -2.07. The largest absolute Gasteiger partial charge is 0.507 e. The highest BCUT2D eigenvalue weighted by Gasteiger charge is 2.16. The summed E-state index contributed by atoms with van der Waals surface area (Å²) in [7, 11) is 0. The van der Waals surface area contributed by atoms with Gasteiger partial charge in [-0.3, -0.25) is 0 Å². The van der Waals surface area contributed by atoms with Crippen LogP contribution in [0.3, 0.4) is 0 Å².